The maximum Gasteiger partial charge on any atom is 0.335 e. The van der Waals surface area contributed by atoms with E-state index >= 15 is 0 Å². The molecule has 1 aliphatic heterocycles. The first-order valence-corrected chi connectivity index (χ1v) is 5.17. The third kappa shape index (κ3) is 2.18. The van der Waals surface area contributed by atoms with Crippen LogP contribution in [0.25, 0.3) is 0 Å². The molecule has 1 aliphatic rings. The summed E-state index contributed by atoms with van der Waals surface area (Å²) in [6, 6.07) is 7.09. The Hall–Kier alpha value is -1.35. The zero-order valence-electron chi connectivity index (χ0n) is 8.64. The van der Waals surface area contributed by atoms with Gasteiger partial charge in [0.15, 0.2) is 0 Å². The molecule has 1 N–H and O–H groups in total. The van der Waals surface area contributed by atoms with E-state index in [-0.39, 0.29) is 0 Å². The number of hydrogen-bond acceptors (Lipinski definition) is 2. The van der Waals surface area contributed by atoms with E-state index in [0.29, 0.717) is 17.6 Å². The molecule has 1 heterocycles. The molecule has 0 saturated carbocycles. The summed E-state index contributed by atoms with van der Waals surface area (Å²) < 4.78 is 5.28. The highest BCUT2D eigenvalue weighted by atomic mass is 16.6. The van der Waals surface area contributed by atoms with Gasteiger partial charge in [0.25, 0.3) is 0 Å². The summed E-state index contributed by atoms with van der Waals surface area (Å²) in [6.07, 6.45) is 1.36. The van der Waals surface area contributed by atoms with Crippen LogP contribution in [0.2, 0.25) is 0 Å². The standard InChI is InChI=1S/C12H14O3/c1-2-10(11-7-15-11)8-3-5-9(6-4-8)12(13)14/h3-6,10-11H,2,7H2,1H3,(H,13,14). The van der Waals surface area contributed by atoms with E-state index in [2.05, 4.69) is 6.92 Å². The van der Waals surface area contributed by atoms with Crippen LogP contribution in [0.3, 0.4) is 0 Å². The molecule has 1 aromatic rings. The van der Waals surface area contributed by atoms with Gasteiger partial charge in [-0.15, -0.1) is 0 Å². The molecule has 0 spiro atoms. The molecule has 2 atom stereocenters. The maximum atomic E-state index is 10.7. The second-order valence-corrected chi connectivity index (χ2v) is 3.81. The van der Waals surface area contributed by atoms with Gasteiger partial charge in [-0.05, 0) is 24.1 Å². The van der Waals surface area contributed by atoms with Gasteiger partial charge in [-0.1, -0.05) is 19.1 Å². The van der Waals surface area contributed by atoms with Crippen LogP contribution in [-0.4, -0.2) is 23.8 Å². The Labute approximate surface area is 88.7 Å². The summed E-state index contributed by atoms with van der Waals surface area (Å²) in [5.74, 6) is -0.467. The lowest BCUT2D eigenvalue weighted by molar-refractivity contribution is 0.0697. The molecule has 3 nitrogen and oxygen atoms in total. The first kappa shape index (κ1) is 10.2. The molecule has 80 valence electrons. The van der Waals surface area contributed by atoms with Crippen LogP contribution in [-0.2, 0) is 4.74 Å². The van der Waals surface area contributed by atoms with Gasteiger partial charge in [0.05, 0.1) is 18.3 Å². The highest BCUT2D eigenvalue weighted by molar-refractivity contribution is 5.87. The number of benzene rings is 1. The predicted octanol–water partition coefficient (Wildman–Crippen LogP) is 2.28. The van der Waals surface area contributed by atoms with Gasteiger partial charge in [0.1, 0.15) is 0 Å². The lowest BCUT2D eigenvalue weighted by atomic mass is 9.93. The summed E-state index contributed by atoms with van der Waals surface area (Å²) >= 11 is 0. The molecule has 2 unspecified atom stereocenters. The van der Waals surface area contributed by atoms with Gasteiger partial charge in [-0.3, -0.25) is 0 Å². The van der Waals surface area contributed by atoms with Crippen LogP contribution in [0.5, 0.6) is 0 Å². The van der Waals surface area contributed by atoms with E-state index in [1.54, 1.807) is 12.1 Å². The van der Waals surface area contributed by atoms with Crippen molar-refractivity contribution >= 4 is 5.97 Å². The SMILES string of the molecule is CCC(c1ccc(C(=O)O)cc1)C1CO1. The average molecular weight is 206 g/mol. The Bertz CT molecular complexity index is 352. The van der Waals surface area contributed by atoms with Gasteiger partial charge >= 0.3 is 5.97 Å². The number of aromatic carboxylic acids is 1. The highest BCUT2D eigenvalue weighted by Gasteiger charge is 2.32. The zero-order chi connectivity index (χ0) is 10.8. The quantitative estimate of drug-likeness (QED) is 0.769. The molecule has 1 fully saturated rings. The molecular weight excluding hydrogens is 192 g/mol. The van der Waals surface area contributed by atoms with E-state index in [4.69, 9.17) is 9.84 Å². The van der Waals surface area contributed by atoms with Crippen LogP contribution in [0.4, 0.5) is 0 Å². The van der Waals surface area contributed by atoms with E-state index < -0.39 is 5.97 Å². The Morgan fingerprint density at radius 2 is 2.13 bits per heavy atom. The number of carboxylic acid groups (broad SMARTS) is 1. The molecule has 0 amide bonds. The lowest BCUT2D eigenvalue weighted by Crippen LogP contribution is -2.05. The fourth-order valence-electron chi connectivity index (χ4n) is 1.87. The van der Waals surface area contributed by atoms with Gasteiger partial charge in [0, 0.05) is 5.92 Å². The number of ether oxygens (including phenoxy) is 1. The first-order chi connectivity index (χ1) is 7.22. The lowest BCUT2D eigenvalue weighted by Gasteiger charge is -2.12. The maximum absolute atomic E-state index is 10.7. The van der Waals surface area contributed by atoms with Crippen LogP contribution >= 0.6 is 0 Å². The molecule has 1 saturated heterocycles. The van der Waals surface area contributed by atoms with Crippen LogP contribution in [0, 0.1) is 0 Å². The number of epoxide rings is 1. The molecule has 2 rings (SSSR count). The molecule has 15 heavy (non-hydrogen) atoms. The summed E-state index contributed by atoms with van der Waals surface area (Å²) in [5, 5.41) is 8.77. The van der Waals surface area contributed by atoms with Crippen LogP contribution in [0.1, 0.15) is 35.2 Å². The van der Waals surface area contributed by atoms with E-state index in [9.17, 15) is 4.79 Å². The van der Waals surface area contributed by atoms with E-state index in [0.717, 1.165) is 13.0 Å². The smallest absolute Gasteiger partial charge is 0.335 e. The molecule has 0 aromatic heterocycles. The molecule has 0 bridgehead atoms. The van der Waals surface area contributed by atoms with Gasteiger partial charge in [0.2, 0.25) is 0 Å². The average Bonchev–Trinajstić information content (AvgIpc) is 3.04. The van der Waals surface area contributed by atoms with Crippen molar-refractivity contribution in [2.45, 2.75) is 25.4 Å². The van der Waals surface area contributed by atoms with E-state index in [1.807, 2.05) is 12.1 Å². The largest absolute Gasteiger partial charge is 0.478 e. The van der Waals surface area contributed by atoms with Crippen molar-refractivity contribution in [1.82, 2.24) is 0 Å². The molecule has 0 radical (unpaired) electrons. The Balaban J connectivity index is 2.17. The topological polar surface area (TPSA) is 49.8 Å². The van der Waals surface area contributed by atoms with Crippen LogP contribution < -0.4 is 0 Å². The normalized spacial score (nSPS) is 21.0. The summed E-state index contributed by atoms with van der Waals surface area (Å²) in [7, 11) is 0. The molecular formula is C12H14O3. The second kappa shape index (κ2) is 4.03. The number of hydrogen-bond donors (Lipinski definition) is 1. The molecule has 0 aliphatic carbocycles. The minimum Gasteiger partial charge on any atom is -0.478 e. The summed E-state index contributed by atoms with van der Waals surface area (Å²) in [4.78, 5) is 10.7. The van der Waals surface area contributed by atoms with Crippen molar-refractivity contribution in [2.75, 3.05) is 6.61 Å². The summed E-state index contributed by atoms with van der Waals surface area (Å²) in [5.41, 5.74) is 1.51. The summed E-state index contributed by atoms with van der Waals surface area (Å²) in [6.45, 7) is 2.96. The Kier molecular flexibility index (Phi) is 2.73. The van der Waals surface area contributed by atoms with Crippen molar-refractivity contribution < 1.29 is 14.6 Å². The van der Waals surface area contributed by atoms with Crippen molar-refractivity contribution in [3.05, 3.63) is 35.4 Å². The third-order valence-corrected chi connectivity index (χ3v) is 2.83. The van der Waals surface area contributed by atoms with Crippen molar-refractivity contribution in [2.24, 2.45) is 0 Å². The third-order valence-electron chi connectivity index (χ3n) is 2.83. The number of carbonyl (C=O) groups is 1. The van der Waals surface area contributed by atoms with Gasteiger partial charge < -0.3 is 9.84 Å². The van der Waals surface area contributed by atoms with E-state index in [1.165, 1.54) is 5.56 Å². The van der Waals surface area contributed by atoms with Gasteiger partial charge in [-0.2, -0.15) is 0 Å². The predicted molar refractivity (Wildman–Crippen MR) is 56.2 cm³/mol. The van der Waals surface area contributed by atoms with Crippen molar-refractivity contribution in [3.8, 4) is 0 Å². The molecule has 1 aromatic carbocycles. The number of rotatable bonds is 4. The Morgan fingerprint density at radius 1 is 1.53 bits per heavy atom. The molecule has 3 heteroatoms. The minimum atomic E-state index is -0.878. The fraction of sp³-hybridized carbons (Fsp3) is 0.417. The Morgan fingerprint density at radius 3 is 2.53 bits per heavy atom. The van der Waals surface area contributed by atoms with Crippen molar-refractivity contribution in [3.63, 3.8) is 0 Å². The zero-order valence-corrected chi connectivity index (χ0v) is 8.64. The minimum absolute atomic E-state index is 0.338. The first-order valence-electron chi connectivity index (χ1n) is 5.17. The second-order valence-electron chi connectivity index (χ2n) is 3.81. The number of carboxylic acids is 1. The highest BCUT2D eigenvalue weighted by Crippen LogP contribution is 2.32. The van der Waals surface area contributed by atoms with Crippen molar-refractivity contribution in [1.29, 1.82) is 0 Å². The monoisotopic (exact) mass is 206 g/mol. The van der Waals surface area contributed by atoms with Crippen LogP contribution in [0.15, 0.2) is 24.3 Å². The fourth-order valence-corrected chi connectivity index (χ4v) is 1.87. The van der Waals surface area contributed by atoms with Gasteiger partial charge in [-0.25, -0.2) is 4.79 Å².